The SMILES string of the molecule is CC(C(=O)NC1CC1)N1CCSC(c2ccccc2)C1. The van der Waals surface area contributed by atoms with Crippen molar-refractivity contribution in [3.8, 4) is 0 Å². The maximum absolute atomic E-state index is 12.2. The second-order valence-corrected chi connectivity index (χ2v) is 7.03. The highest BCUT2D eigenvalue weighted by Gasteiger charge is 2.31. The molecule has 2 atom stereocenters. The van der Waals surface area contributed by atoms with Crippen LogP contribution in [0.3, 0.4) is 0 Å². The molecule has 4 heteroatoms. The zero-order valence-electron chi connectivity index (χ0n) is 11.9. The van der Waals surface area contributed by atoms with E-state index >= 15 is 0 Å². The molecule has 1 heterocycles. The van der Waals surface area contributed by atoms with Gasteiger partial charge in [-0.05, 0) is 25.3 Å². The van der Waals surface area contributed by atoms with Crippen LogP contribution in [0.5, 0.6) is 0 Å². The largest absolute Gasteiger partial charge is 0.352 e. The maximum Gasteiger partial charge on any atom is 0.237 e. The summed E-state index contributed by atoms with van der Waals surface area (Å²) in [5.74, 6) is 1.30. The Labute approximate surface area is 125 Å². The van der Waals surface area contributed by atoms with Gasteiger partial charge < -0.3 is 5.32 Å². The summed E-state index contributed by atoms with van der Waals surface area (Å²) in [6, 6.07) is 11.1. The number of carbonyl (C=O) groups is 1. The molecule has 1 saturated carbocycles. The number of nitrogens with zero attached hydrogens (tertiary/aromatic N) is 1. The predicted octanol–water partition coefficient (Wildman–Crippen LogP) is 2.44. The van der Waals surface area contributed by atoms with Crippen LogP contribution in [0.15, 0.2) is 30.3 Å². The molecule has 0 bridgehead atoms. The minimum atomic E-state index is -0.0114. The minimum absolute atomic E-state index is 0.0114. The van der Waals surface area contributed by atoms with E-state index in [4.69, 9.17) is 0 Å². The van der Waals surface area contributed by atoms with Crippen LogP contribution in [0.2, 0.25) is 0 Å². The number of rotatable bonds is 4. The van der Waals surface area contributed by atoms with Crippen molar-refractivity contribution in [1.82, 2.24) is 10.2 Å². The molecular formula is C16H22N2OS. The topological polar surface area (TPSA) is 32.3 Å². The zero-order chi connectivity index (χ0) is 13.9. The van der Waals surface area contributed by atoms with Gasteiger partial charge in [-0.15, -0.1) is 0 Å². The van der Waals surface area contributed by atoms with Gasteiger partial charge in [-0.2, -0.15) is 11.8 Å². The Morgan fingerprint density at radius 2 is 2.10 bits per heavy atom. The molecule has 108 valence electrons. The van der Waals surface area contributed by atoms with Gasteiger partial charge in [-0.25, -0.2) is 0 Å². The molecule has 1 aliphatic carbocycles. The summed E-state index contributed by atoms with van der Waals surface area (Å²) in [4.78, 5) is 14.5. The molecular weight excluding hydrogens is 268 g/mol. The Bertz CT molecular complexity index is 461. The van der Waals surface area contributed by atoms with E-state index < -0.39 is 0 Å². The Morgan fingerprint density at radius 1 is 1.35 bits per heavy atom. The second-order valence-electron chi connectivity index (χ2n) is 5.72. The highest BCUT2D eigenvalue weighted by atomic mass is 32.2. The molecule has 3 rings (SSSR count). The lowest BCUT2D eigenvalue weighted by atomic mass is 10.1. The van der Waals surface area contributed by atoms with E-state index in [0.29, 0.717) is 11.3 Å². The second kappa shape index (κ2) is 6.19. The van der Waals surface area contributed by atoms with Crippen molar-refractivity contribution in [2.75, 3.05) is 18.8 Å². The third kappa shape index (κ3) is 3.36. The van der Waals surface area contributed by atoms with Crippen LogP contribution < -0.4 is 5.32 Å². The highest BCUT2D eigenvalue weighted by Crippen LogP contribution is 2.33. The standard InChI is InChI=1S/C16H22N2OS/c1-12(16(19)17-14-7-8-14)18-9-10-20-15(11-18)13-5-3-2-4-6-13/h2-6,12,14-15H,7-11H2,1H3,(H,17,19). The number of benzene rings is 1. The van der Waals surface area contributed by atoms with Gasteiger partial charge in [-0.1, -0.05) is 30.3 Å². The van der Waals surface area contributed by atoms with Crippen LogP contribution >= 0.6 is 11.8 Å². The van der Waals surface area contributed by atoms with Crippen LogP contribution in [-0.2, 0) is 4.79 Å². The van der Waals surface area contributed by atoms with Gasteiger partial charge in [0.25, 0.3) is 0 Å². The Balaban J connectivity index is 1.60. The van der Waals surface area contributed by atoms with Gasteiger partial charge in [0.2, 0.25) is 5.91 Å². The van der Waals surface area contributed by atoms with Gasteiger partial charge in [-0.3, -0.25) is 9.69 Å². The van der Waals surface area contributed by atoms with Crippen molar-refractivity contribution in [2.45, 2.75) is 37.1 Å². The third-order valence-corrected chi connectivity index (χ3v) is 5.36. The van der Waals surface area contributed by atoms with Gasteiger partial charge in [0.1, 0.15) is 0 Å². The Hall–Kier alpha value is -1.00. The summed E-state index contributed by atoms with van der Waals surface area (Å²) in [6.45, 7) is 4.01. The molecule has 2 unspecified atom stereocenters. The monoisotopic (exact) mass is 290 g/mol. The summed E-state index contributed by atoms with van der Waals surface area (Å²) in [6.07, 6.45) is 2.31. The van der Waals surface area contributed by atoms with Crippen molar-refractivity contribution >= 4 is 17.7 Å². The summed E-state index contributed by atoms with van der Waals surface area (Å²) >= 11 is 2.00. The van der Waals surface area contributed by atoms with Crippen molar-refractivity contribution < 1.29 is 4.79 Å². The normalized spacial score (nSPS) is 25.1. The lowest BCUT2D eigenvalue weighted by molar-refractivity contribution is -0.126. The number of amides is 1. The van der Waals surface area contributed by atoms with Crippen molar-refractivity contribution in [3.05, 3.63) is 35.9 Å². The summed E-state index contributed by atoms with van der Waals surface area (Å²) < 4.78 is 0. The van der Waals surface area contributed by atoms with E-state index in [0.717, 1.165) is 31.7 Å². The smallest absolute Gasteiger partial charge is 0.237 e. The van der Waals surface area contributed by atoms with Crippen molar-refractivity contribution in [3.63, 3.8) is 0 Å². The van der Waals surface area contributed by atoms with Gasteiger partial charge in [0.15, 0.2) is 0 Å². The molecule has 1 saturated heterocycles. The van der Waals surface area contributed by atoms with Crippen LogP contribution in [0.4, 0.5) is 0 Å². The molecule has 0 radical (unpaired) electrons. The van der Waals surface area contributed by atoms with Crippen molar-refractivity contribution in [2.24, 2.45) is 0 Å². The molecule has 20 heavy (non-hydrogen) atoms. The summed E-state index contributed by atoms with van der Waals surface area (Å²) in [7, 11) is 0. The van der Waals surface area contributed by atoms with Gasteiger partial charge in [0, 0.05) is 30.1 Å². The number of hydrogen-bond acceptors (Lipinski definition) is 3. The molecule has 1 aromatic rings. The fraction of sp³-hybridized carbons (Fsp3) is 0.562. The number of nitrogens with one attached hydrogen (secondary N) is 1. The third-order valence-electron chi connectivity index (χ3n) is 4.12. The molecule has 2 fully saturated rings. The first-order chi connectivity index (χ1) is 9.74. The van der Waals surface area contributed by atoms with Crippen LogP contribution in [0, 0.1) is 0 Å². The average molecular weight is 290 g/mol. The maximum atomic E-state index is 12.2. The first-order valence-corrected chi connectivity index (χ1v) is 8.50. The van der Waals surface area contributed by atoms with E-state index in [1.807, 2.05) is 18.7 Å². The molecule has 1 amide bonds. The Kier molecular flexibility index (Phi) is 4.32. The molecule has 1 aromatic carbocycles. The lowest BCUT2D eigenvalue weighted by Gasteiger charge is -2.36. The fourth-order valence-electron chi connectivity index (χ4n) is 2.61. The number of carbonyl (C=O) groups excluding carboxylic acids is 1. The summed E-state index contributed by atoms with van der Waals surface area (Å²) in [5.41, 5.74) is 1.37. The molecule has 1 aliphatic heterocycles. The van der Waals surface area contributed by atoms with Crippen LogP contribution in [-0.4, -0.2) is 41.7 Å². The van der Waals surface area contributed by atoms with E-state index in [-0.39, 0.29) is 11.9 Å². The predicted molar refractivity (Wildman–Crippen MR) is 83.8 cm³/mol. The Morgan fingerprint density at radius 3 is 2.80 bits per heavy atom. The minimum Gasteiger partial charge on any atom is -0.352 e. The average Bonchev–Trinajstić information content (AvgIpc) is 3.31. The van der Waals surface area contributed by atoms with Crippen LogP contribution in [0.25, 0.3) is 0 Å². The number of hydrogen-bond donors (Lipinski definition) is 1. The molecule has 1 N–H and O–H groups in total. The van der Waals surface area contributed by atoms with E-state index in [1.165, 1.54) is 5.56 Å². The molecule has 3 nitrogen and oxygen atoms in total. The highest BCUT2D eigenvalue weighted by molar-refractivity contribution is 7.99. The molecule has 2 aliphatic rings. The van der Waals surface area contributed by atoms with Gasteiger partial charge in [0.05, 0.1) is 6.04 Å². The molecule has 0 spiro atoms. The van der Waals surface area contributed by atoms with Gasteiger partial charge >= 0.3 is 0 Å². The van der Waals surface area contributed by atoms with E-state index in [2.05, 4.69) is 40.5 Å². The quantitative estimate of drug-likeness (QED) is 0.924. The first kappa shape index (κ1) is 14.0. The van der Waals surface area contributed by atoms with E-state index in [9.17, 15) is 4.79 Å². The van der Waals surface area contributed by atoms with Crippen molar-refractivity contribution in [1.29, 1.82) is 0 Å². The first-order valence-electron chi connectivity index (χ1n) is 7.45. The summed E-state index contributed by atoms with van der Waals surface area (Å²) in [5, 5.41) is 3.61. The lowest BCUT2D eigenvalue weighted by Crippen LogP contribution is -2.49. The fourth-order valence-corrected chi connectivity index (χ4v) is 3.88. The zero-order valence-corrected chi connectivity index (χ0v) is 12.7. The van der Waals surface area contributed by atoms with Crippen LogP contribution in [0.1, 0.15) is 30.6 Å². The molecule has 0 aromatic heterocycles. The van der Waals surface area contributed by atoms with E-state index in [1.54, 1.807) is 0 Å². The number of thioether (sulfide) groups is 1.